The molecule has 3 aromatic rings. The number of aromatic nitrogens is 2. The zero-order chi connectivity index (χ0) is 22.2. The van der Waals surface area contributed by atoms with Gasteiger partial charge >= 0.3 is 5.97 Å². The van der Waals surface area contributed by atoms with Gasteiger partial charge in [-0.3, -0.25) is 0 Å². The van der Waals surface area contributed by atoms with Gasteiger partial charge in [-0.2, -0.15) is 0 Å². The highest BCUT2D eigenvalue weighted by atomic mass is 35.5. The number of halogens is 1. The fourth-order valence-electron chi connectivity index (χ4n) is 4.18. The molecular formula is C25H30ClN3O4. The molecule has 2 aliphatic heterocycles. The molecule has 2 fully saturated rings. The van der Waals surface area contributed by atoms with Gasteiger partial charge in [0.2, 0.25) is 5.88 Å². The molecule has 0 bridgehead atoms. The van der Waals surface area contributed by atoms with Crippen LogP contribution in [-0.2, 0) is 4.74 Å². The number of carboxylic acid groups (broad SMARTS) is 1. The highest BCUT2D eigenvalue weighted by Gasteiger charge is 2.22. The molecular weight excluding hydrogens is 442 g/mol. The minimum Gasteiger partial charge on any atom is -0.476 e. The lowest BCUT2D eigenvalue weighted by Crippen LogP contribution is -2.34. The number of nitrogens with zero attached hydrogens (tertiary/aromatic N) is 2. The third kappa shape index (κ3) is 6.63. The van der Waals surface area contributed by atoms with E-state index in [-0.39, 0.29) is 18.1 Å². The smallest absolute Gasteiger partial charge is 0.355 e. The Morgan fingerprint density at radius 3 is 2.48 bits per heavy atom. The molecule has 0 saturated carbocycles. The van der Waals surface area contributed by atoms with Crippen LogP contribution in [0.5, 0.6) is 5.88 Å². The Balaban J connectivity index is 0.000000192. The molecule has 1 aromatic carbocycles. The molecule has 4 heterocycles. The molecule has 0 atom stereocenters. The van der Waals surface area contributed by atoms with Crippen LogP contribution < -0.4 is 10.1 Å². The number of hydrogen-bond acceptors (Lipinski definition) is 6. The lowest BCUT2D eigenvalue weighted by Gasteiger charge is -2.27. The van der Waals surface area contributed by atoms with Crippen LogP contribution in [0.15, 0.2) is 54.9 Å². The van der Waals surface area contributed by atoms with Crippen LogP contribution in [0.1, 0.15) is 47.7 Å². The first-order chi connectivity index (χ1) is 15.7. The molecule has 2 aliphatic rings. The van der Waals surface area contributed by atoms with Crippen molar-refractivity contribution in [3.05, 3.63) is 66.1 Å². The fraction of sp³-hybridized carbons (Fsp3) is 0.400. The summed E-state index contributed by atoms with van der Waals surface area (Å²) in [6.45, 7) is 3.80. The van der Waals surface area contributed by atoms with Crippen LogP contribution >= 0.6 is 12.4 Å². The third-order valence-electron chi connectivity index (χ3n) is 5.90. The number of carboxylic acids is 1. The first kappa shape index (κ1) is 24.9. The topological polar surface area (TPSA) is 93.6 Å². The van der Waals surface area contributed by atoms with Gasteiger partial charge in [-0.05, 0) is 62.2 Å². The van der Waals surface area contributed by atoms with Gasteiger partial charge in [0.15, 0.2) is 5.69 Å². The zero-order valence-corrected chi connectivity index (χ0v) is 19.3. The average Bonchev–Trinajstić information content (AvgIpc) is 2.85. The molecule has 0 amide bonds. The Kier molecular flexibility index (Phi) is 9.42. The molecule has 0 unspecified atom stereocenters. The standard InChI is InChI=1S/C15H22N2O2.C10H7NO2.ClH/c1-2-14(12-5-10-18-11-6-12)15(17-7-1)19-13-3-8-16-9-4-13;12-10(13)9-8-4-2-1-3-7(8)5-6-11-9;/h1-2,7,12-13,16H,3-6,8-11H2;1-6H,(H,12,13);1H. The zero-order valence-electron chi connectivity index (χ0n) is 18.5. The van der Waals surface area contributed by atoms with Gasteiger partial charge in [-0.25, -0.2) is 14.8 Å². The van der Waals surface area contributed by atoms with Gasteiger partial charge in [0.1, 0.15) is 6.10 Å². The van der Waals surface area contributed by atoms with Gasteiger partial charge in [0, 0.05) is 36.6 Å². The summed E-state index contributed by atoms with van der Waals surface area (Å²) in [7, 11) is 0. The maximum Gasteiger partial charge on any atom is 0.355 e. The monoisotopic (exact) mass is 471 g/mol. The van der Waals surface area contributed by atoms with E-state index in [1.165, 1.54) is 11.8 Å². The average molecular weight is 472 g/mol. The Morgan fingerprint density at radius 2 is 1.73 bits per heavy atom. The van der Waals surface area contributed by atoms with E-state index in [4.69, 9.17) is 14.6 Å². The maximum absolute atomic E-state index is 10.8. The van der Waals surface area contributed by atoms with Crippen molar-refractivity contribution in [2.24, 2.45) is 0 Å². The van der Waals surface area contributed by atoms with Gasteiger partial charge in [0.05, 0.1) is 0 Å². The highest BCUT2D eigenvalue weighted by Crippen LogP contribution is 2.33. The largest absolute Gasteiger partial charge is 0.476 e. The van der Waals surface area contributed by atoms with Crippen molar-refractivity contribution in [1.29, 1.82) is 0 Å². The summed E-state index contributed by atoms with van der Waals surface area (Å²) in [6, 6.07) is 13.3. The first-order valence-electron chi connectivity index (χ1n) is 11.2. The Bertz CT molecular complexity index is 1030. The Morgan fingerprint density at radius 1 is 0.970 bits per heavy atom. The van der Waals surface area contributed by atoms with Crippen LogP contribution in [0.3, 0.4) is 0 Å². The van der Waals surface area contributed by atoms with E-state index in [0.29, 0.717) is 17.4 Å². The molecule has 0 spiro atoms. The first-order valence-corrected chi connectivity index (χ1v) is 11.2. The number of benzene rings is 1. The van der Waals surface area contributed by atoms with E-state index in [1.807, 2.05) is 24.4 Å². The predicted molar refractivity (Wildman–Crippen MR) is 130 cm³/mol. The molecule has 2 N–H and O–H groups in total. The lowest BCUT2D eigenvalue weighted by molar-refractivity contribution is 0.0692. The van der Waals surface area contributed by atoms with Crippen molar-refractivity contribution in [3.8, 4) is 5.88 Å². The van der Waals surface area contributed by atoms with Gasteiger partial charge < -0.3 is 19.9 Å². The van der Waals surface area contributed by atoms with E-state index < -0.39 is 5.97 Å². The number of nitrogens with one attached hydrogen (secondary N) is 1. The predicted octanol–water partition coefficient (Wildman–Crippen LogP) is 4.46. The molecule has 7 nitrogen and oxygen atoms in total. The number of rotatable bonds is 4. The molecule has 33 heavy (non-hydrogen) atoms. The second-order valence-electron chi connectivity index (χ2n) is 8.04. The fourth-order valence-corrected chi connectivity index (χ4v) is 4.18. The number of ether oxygens (including phenoxy) is 2. The van der Waals surface area contributed by atoms with Crippen LogP contribution in [-0.4, -0.2) is 53.5 Å². The van der Waals surface area contributed by atoms with Crippen LogP contribution in [0.25, 0.3) is 10.8 Å². The maximum atomic E-state index is 10.8. The second kappa shape index (κ2) is 12.5. The SMILES string of the molecule is Cl.O=C(O)c1nccc2ccccc12.c1cnc(OC2CCNCC2)c(C2CCOCC2)c1. The number of carbonyl (C=O) groups is 1. The summed E-state index contributed by atoms with van der Waals surface area (Å²) in [4.78, 5) is 19.0. The van der Waals surface area contributed by atoms with Gasteiger partial charge in [0.25, 0.3) is 0 Å². The van der Waals surface area contributed by atoms with E-state index in [2.05, 4.69) is 21.4 Å². The van der Waals surface area contributed by atoms with E-state index >= 15 is 0 Å². The number of piperidine rings is 1. The van der Waals surface area contributed by atoms with E-state index in [0.717, 1.165) is 63.3 Å². The van der Waals surface area contributed by atoms with Crippen LogP contribution in [0.2, 0.25) is 0 Å². The molecule has 176 valence electrons. The summed E-state index contributed by atoms with van der Waals surface area (Å²) in [5.74, 6) is 0.400. The molecule has 0 radical (unpaired) electrons. The Hall–Kier alpha value is -2.74. The van der Waals surface area contributed by atoms with Crippen molar-refractivity contribution in [1.82, 2.24) is 15.3 Å². The third-order valence-corrected chi connectivity index (χ3v) is 5.90. The van der Waals surface area contributed by atoms with E-state index in [9.17, 15) is 4.79 Å². The molecule has 0 aliphatic carbocycles. The summed E-state index contributed by atoms with van der Waals surface area (Å²) < 4.78 is 11.6. The molecule has 2 aromatic heterocycles. The van der Waals surface area contributed by atoms with Crippen LogP contribution in [0, 0.1) is 0 Å². The Labute approximate surface area is 200 Å². The number of hydrogen-bond donors (Lipinski definition) is 2. The van der Waals surface area contributed by atoms with E-state index in [1.54, 1.807) is 18.2 Å². The molecule has 5 rings (SSSR count). The van der Waals surface area contributed by atoms with Gasteiger partial charge in [-0.15, -0.1) is 12.4 Å². The minimum atomic E-state index is -0.989. The van der Waals surface area contributed by atoms with Crippen molar-refractivity contribution < 1.29 is 19.4 Å². The number of pyridine rings is 2. The molecule has 8 heteroatoms. The quantitative estimate of drug-likeness (QED) is 0.580. The van der Waals surface area contributed by atoms with Gasteiger partial charge in [-0.1, -0.05) is 30.3 Å². The van der Waals surface area contributed by atoms with Crippen molar-refractivity contribution >= 4 is 29.1 Å². The number of fused-ring (bicyclic) bond motifs is 1. The molecule has 2 saturated heterocycles. The van der Waals surface area contributed by atoms with Crippen molar-refractivity contribution in [2.45, 2.75) is 37.7 Å². The summed E-state index contributed by atoms with van der Waals surface area (Å²) >= 11 is 0. The van der Waals surface area contributed by atoms with Crippen molar-refractivity contribution in [2.75, 3.05) is 26.3 Å². The van der Waals surface area contributed by atoms with Crippen LogP contribution in [0.4, 0.5) is 0 Å². The highest BCUT2D eigenvalue weighted by molar-refractivity contribution is 6.01. The van der Waals surface area contributed by atoms with Crippen molar-refractivity contribution in [3.63, 3.8) is 0 Å². The second-order valence-corrected chi connectivity index (χ2v) is 8.04. The minimum absolute atomic E-state index is 0. The summed E-state index contributed by atoms with van der Waals surface area (Å²) in [6.07, 6.45) is 7.95. The normalized spacial score (nSPS) is 16.8. The summed E-state index contributed by atoms with van der Waals surface area (Å²) in [5.41, 5.74) is 1.38. The lowest BCUT2D eigenvalue weighted by atomic mass is 9.92. The number of aromatic carboxylic acids is 1. The summed E-state index contributed by atoms with van der Waals surface area (Å²) in [5, 5.41) is 13.8.